The van der Waals surface area contributed by atoms with Crippen molar-refractivity contribution in [2.45, 2.75) is 33.6 Å². The molecule has 1 rings (SSSR count). The zero-order valence-corrected chi connectivity index (χ0v) is 15.9. The molecule has 0 unspecified atom stereocenters. The van der Waals surface area contributed by atoms with Gasteiger partial charge in [0.1, 0.15) is 0 Å². The molecule has 24 heavy (non-hydrogen) atoms. The molecule has 0 saturated carbocycles. The van der Waals surface area contributed by atoms with Crippen LogP contribution in [0, 0.1) is 0 Å². The Balaban J connectivity index is 2.58. The van der Waals surface area contributed by atoms with E-state index in [2.05, 4.69) is 24.1 Å². The van der Waals surface area contributed by atoms with Crippen molar-refractivity contribution in [2.75, 3.05) is 42.7 Å². The summed E-state index contributed by atoms with van der Waals surface area (Å²) in [6.07, 6.45) is 2.04. The highest BCUT2D eigenvalue weighted by Crippen LogP contribution is 2.17. The van der Waals surface area contributed by atoms with Crippen molar-refractivity contribution >= 4 is 27.3 Å². The second kappa shape index (κ2) is 9.64. The second-order valence-corrected chi connectivity index (χ2v) is 7.66. The molecule has 0 radical (unpaired) electrons. The molecule has 0 aliphatic heterocycles. The number of carbonyl (C=O) groups is 1. The van der Waals surface area contributed by atoms with E-state index in [4.69, 9.17) is 0 Å². The number of sulfonamides is 1. The minimum atomic E-state index is -3.27. The zero-order valence-electron chi connectivity index (χ0n) is 15.1. The van der Waals surface area contributed by atoms with Crippen LogP contribution in [-0.2, 0) is 14.8 Å². The third kappa shape index (κ3) is 6.49. The molecule has 7 heteroatoms. The van der Waals surface area contributed by atoms with Crippen molar-refractivity contribution < 1.29 is 13.2 Å². The van der Waals surface area contributed by atoms with E-state index < -0.39 is 10.0 Å². The molecule has 0 spiro atoms. The molecule has 136 valence electrons. The fraction of sp³-hybridized carbons (Fsp3) is 0.588. The topological polar surface area (TPSA) is 69.7 Å². The maximum atomic E-state index is 12.0. The largest absolute Gasteiger partial charge is 0.372 e. The molecule has 1 N–H and O–H groups in total. The van der Waals surface area contributed by atoms with Crippen LogP contribution in [0.2, 0.25) is 0 Å². The summed E-state index contributed by atoms with van der Waals surface area (Å²) in [5.74, 6) is -0.185. The molecule has 0 saturated heterocycles. The number of anilines is 2. The summed E-state index contributed by atoms with van der Waals surface area (Å²) in [4.78, 5) is 14.3. The lowest BCUT2D eigenvalue weighted by atomic mass is 10.2. The van der Waals surface area contributed by atoms with Crippen molar-refractivity contribution in [1.29, 1.82) is 0 Å². The summed E-state index contributed by atoms with van der Waals surface area (Å²) in [7, 11) is -3.27. The fourth-order valence-corrected chi connectivity index (χ4v) is 3.42. The lowest BCUT2D eigenvalue weighted by molar-refractivity contribution is -0.116. The van der Waals surface area contributed by atoms with E-state index in [0.29, 0.717) is 6.54 Å². The Morgan fingerprint density at radius 3 is 2.08 bits per heavy atom. The maximum Gasteiger partial charge on any atom is 0.225 e. The number of carbonyl (C=O) groups excluding carboxylic acids is 1. The summed E-state index contributed by atoms with van der Waals surface area (Å²) < 4.78 is 24.6. The summed E-state index contributed by atoms with van der Waals surface area (Å²) >= 11 is 0. The second-order valence-electron chi connectivity index (χ2n) is 5.68. The minimum Gasteiger partial charge on any atom is -0.372 e. The van der Waals surface area contributed by atoms with Crippen LogP contribution in [0.3, 0.4) is 0 Å². The zero-order chi connectivity index (χ0) is 18.2. The third-order valence-corrected chi connectivity index (χ3v) is 5.11. The van der Waals surface area contributed by atoms with Crippen LogP contribution < -0.4 is 10.2 Å². The van der Waals surface area contributed by atoms with Crippen molar-refractivity contribution in [3.63, 3.8) is 0 Å². The van der Waals surface area contributed by atoms with Gasteiger partial charge in [0.15, 0.2) is 0 Å². The van der Waals surface area contributed by atoms with E-state index in [1.54, 1.807) is 0 Å². The summed E-state index contributed by atoms with van der Waals surface area (Å²) in [6.45, 7) is 8.62. The number of rotatable bonds is 10. The molecule has 6 nitrogen and oxygen atoms in total. The van der Waals surface area contributed by atoms with Gasteiger partial charge in [-0.1, -0.05) is 6.92 Å². The molecule has 0 atom stereocenters. The van der Waals surface area contributed by atoms with Gasteiger partial charge in [0.25, 0.3) is 0 Å². The molecular formula is C17H29N3O3S. The first kappa shape index (κ1) is 20.4. The molecule has 0 aliphatic rings. The number of amides is 1. The van der Waals surface area contributed by atoms with E-state index >= 15 is 0 Å². The Hall–Kier alpha value is -1.60. The standard InChI is InChI=1S/C17H29N3O3S/c1-5-13-20(24(4,22)23)14-12-17(21)18-15-8-10-16(11-9-15)19(6-2)7-3/h8-11H,5-7,12-14H2,1-4H3,(H,18,21). The van der Waals surface area contributed by atoms with E-state index in [9.17, 15) is 13.2 Å². The highest BCUT2D eigenvalue weighted by molar-refractivity contribution is 7.88. The fourth-order valence-electron chi connectivity index (χ4n) is 2.49. The van der Waals surface area contributed by atoms with Crippen LogP contribution in [-0.4, -0.2) is 51.1 Å². The maximum absolute atomic E-state index is 12.0. The van der Waals surface area contributed by atoms with E-state index in [1.807, 2.05) is 31.2 Å². The Bertz CT molecular complexity index is 610. The first-order valence-corrected chi connectivity index (χ1v) is 10.3. The molecule has 1 aromatic rings. The van der Waals surface area contributed by atoms with Gasteiger partial charge < -0.3 is 10.2 Å². The van der Waals surface area contributed by atoms with Gasteiger partial charge in [-0.3, -0.25) is 4.79 Å². The van der Waals surface area contributed by atoms with Gasteiger partial charge in [-0.2, -0.15) is 0 Å². The number of benzene rings is 1. The lowest BCUT2D eigenvalue weighted by Gasteiger charge is -2.21. The Morgan fingerprint density at radius 2 is 1.62 bits per heavy atom. The van der Waals surface area contributed by atoms with Gasteiger partial charge >= 0.3 is 0 Å². The predicted octanol–water partition coefficient (Wildman–Crippen LogP) is 2.53. The summed E-state index contributed by atoms with van der Waals surface area (Å²) in [6, 6.07) is 7.68. The highest BCUT2D eigenvalue weighted by Gasteiger charge is 2.16. The first-order chi connectivity index (χ1) is 11.3. The Morgan fingerprint density at radius 1 is 1.04 bits per heavy atom. The van der Waals surface area contributed by atoms with Gasteiger partial charge in [0, 0.05) is 44.0 Å². The van der Waals surface area contributed by atoms with Crippen molar-refractivity contribution in [1.82, 2.24) is 4.31 Å². The van der Waals surface area contributed by atoms with Gasteiger partial charge in [0.05, 0.1) is 6.26 Å². The number of nitrogens with one attached hydrogen (secondary N) is 1. The predicted molar refractivity (Wildman–Crippen MR) is 100.0 cm³/mol. The van der Waals surface area contributed by atoms with Crippen molar-refractivity contribution in [2.24, 2.45) is 0 Å². The molecular weight excluding hydrogens is 326 g/mol. The number of nitrogens with zero attached hydrogens (tertiary/aromatic N) is 2. The van der Waals surface area contributed by atoms with Crippen LogP contribution in [0.5, 0.6) is 0 Å². The monoisotopic (exact) mass is 355 g/mol. The third-order valence-electron chi connectivity index (χ3n) is 3.81. The van der Waals surface area contributed by atoms with Crippen molar-refractivity contribution in [3.05, 3.63) is 24.3 Å². The lowest BCUT2D eigenvalue weighted by Crippen LogP contribution is -2.33. The smallest absolute Gasteiger partial charge is 0.225 e. The number of hydrogen-bond donors (Lipinski definition) is 1. The minimum absolute atomic E-state index is 0.144. The van der Waals surface area contributed by atoms with Crippen LogP contribution in [0.1, 0.15) is 33.6 Å². The quantitative estimate of drug-likeness (QED) is 0.700. The first-order valence-electron chi connectivity index (χ1n) is 8.41. The van der Waals surface area contributed by atoms with Gasteiger partial charge in [-0.25, -0.2) is 12.7 Å². The van der Waals surface area contributed by atoms with Gasteiger partial charge in [-0.05, 0) is 44.5 Å². The molecule has 0 aromatic heterocycles. The van der Waals surface area contributed by atoms with E-state index in [1.165, 1.54) is 10.6 Å². The Kier molecular flexibility index (Phi) is 8.21. The average molecular weight is 356 g/mol. The number of hydrogen-bond acceptors (Lipinski definition) is 4. The van der Waals surface area contributed by atoms with Crippen LogP contribution >= 0.6 is 0 Å². The molecule has 1 amide bonds. The Labute approximate surface area is 145 Å². The van der Waals surface area contributed by atoms with Gasteiger partial charge in [-0.15, -0.1) is 0 Å². The van der Waals surface area contributed by atoms with Crippen LogP contribution in [0.4, 0.5) is 11.4 Å². The van der Waals surface area contributed by atoms with Crippen LogP contribution in [0.25, 0.3) is 0 Å². The van der Waals surface area contributed by atoms with Crippen LogP contribution in [0.15, 0.2) is 24.3 Å². The SMILES string of the molecule is CCCN(CCC(=O)Nc1ccc(N(CC)CC)cc1)S(C)(=O)=O. The summed E-state index contributed by atoms with van der Waals surface area (Å²) in [5, 5.41) is 2.81. The van der Waals surface area contributed by atoms with Gasteiger partial charge in [0.2, 0.25) is 15.9 Å². The highest BCUT2D eigenvalue weighted by atomic mass is 32.2. The molecule has 0 fully saturated rings. The summed E-state index contributed by atoms with van der Waals surface area (Å²) in [5.41, 5.74) is 1.83. The molecule has 0 bridgehead atoms. The molecule has 0 heterocycles. The van der Waals surface area contributed by atoms with E-state index in [0.717, 1.165) is 30.9 Å². The molecule has 1 aromatic carbocycles. The average Bonchev–Trinajstić information content (AvgIpc) is 2.53. The van der Waals surface area contributed by atoms with Crippen molar-refractivity contribution in [3.8, 4) is 0 Å². The van der Waals surface area contributed by atoms with E-state index in [-0.39, 0.29) is 18.9 Å². The normalized spacial score (nSPS) is 11.5. The molecule has 0 aliphatic carbocycles.